The zero-order valence-electron chi connectivity index (χ0n) is 14.6. The van der Waals surface area contributed by atoms with Gasteiger partial charge in [0.1, 0.15) is 11.5 Å². The van der Waals surface area contributed by atoms with Crippen LogP contribution in [-0.4, -0.2) is 35.9 Å². The van der Waals surface area contributed by atoms with Crippen molar-refractivity contribution in [1.29, 1.82) is 0 Å². The number of nitrogens with one attached hydrogen (secondary N) is 2. The lowest BCUT2D eigenvalue weighted by molar-refractivity contribution is -0.137. The Morgan fingerprint density at radius 2 is 1.83 bits per heavy atom. The highest BCUT2D eigenvalue weighted by atomic mass is 16.5. The third-order valence-electron chi connectivity index (χ3n) is 3.23. The van der Waals surface area contributed by atoms with E-state index in [-0.39, 0.29) is 6.42 Å². The van der Waals surface area contributed by atoms with Gasteiger partial charge >= 0.3 is 12.0 Å². The molecular weight excluding hydrogens is 312 g/mol. The summed E-state index contributed by atoms with van der Waals surface area (Å²) < 4.78 is 10.9. The summed E-state index contributed by atoms with van der Waals surface area (Å²) in [6.07, 6.45) is 0.310. The number of urea groups is 1. The second-order valence-corrected chi connectivity index (χ2v) is 5.88. The lowest BCUT2D eigenvalue weighted by Crippen LogP contribution is -2.45. The SMILES string of the molecule is CCOc1ccc(OCC)c(NC(=O)NC(C)(C)CCC(=O)O)c1. The van der Waals surface area contributed by atoms with Crippen molar-refractivity contribution in [2.75, 3.05) is 18.5 Å². The van der Waals surface area contributed by atoms with E-state index in [1.54, 1.807) is 32.0 Å². The van der Waals surface area contributed by atoms with Gasteiger partial charge in [0, 0.05) is 18.0 Å². The largest absolute Gasteiger partial charge is 0.494 e. The molecule has 0 atom stereocenters. The summed E-state index contributed by atoms with van der Waals surface area (Å²) in [6, 6.07) is 4.77. The molecule has 0 aliphatic carbocycles. The topological polar surface area (TPSA) is 96.9 Å². The normalized spacial score (nSPS) is 10.8. The Labute approximate surface area is 142 Å². The van der Waals surface area contributed by atoms with Crippen molar-refractivity contribution in [3.63, 3.8) is 0 Å². The van der Waals surface area contributed by atoms with Gasteiger partial charge in [-0.25, -0.2) is 4.79 Å². The Hall–Kier alpha value is -2.44. The van der Waals surface area contributed by atoms with E-state index in [1.807, 2.05) is 13.8 Å². The van der Waals surface area contributed by atoms with Gasteiger partial charge in [-0.3, -0.25) is 4.79 Å². The molecule has 7 heteroatoms. The summed E-state index contributed by atoms with van der Waals surface area (Å²) in [4.78, 5) is 22.9. The third kappa shape index (κ3) is 6.76. The maximum Gasteiger partial charge on any atom is 0.319 e. The predicted molar refractivity (Wildman–Crippen MR) is 91.9 cm³/mol. The molecule has 1 aromatic rings. The van der Waals surface area contributed by atoms with Crippen LogP contribution in [-0.2, 0) is 4.79 Å². The molecular formula is C17H26N2O5. The second kappa shape index (κ2) is 9.00. The molecule has 7 nitrogen and oxygen atoms in total. The van der Waals surface area contributed by atoms with Gasteiger partial charge in [0.05, 0.1) is 18.9 Å². The Kier molecular flexibility index (Phi) is 7.35. The van der Waals surface area contributed by atoms with E-state index in [0.29, 0.717) is 36.8 Å². The highest BCUT2D eigenvalue weighted by molar-refractivity contribution is 5.91. The van der Waals surface area contributed by atoms with Crippen LogP contribution in [0.5, 0.6) is 11.5 Å². The molecule has 2 amide bonds. The molecule has 24 heavy (non-hydrogen) atoms. The number of hydrogen-bond acceptors (Lipinski definition) is 4. The number of hydrogen-bond donors (Lipinski definition) is 3. The first-order valence-electron chi connectivity index (χ1n) is 7.98. The minimum Gasteiger partial charge on any atom is -0.494 e. The van der Waals surface area contributed by atoms with Gasteiger partial charge in [-0.05, 0) is 46.2 Å². The standard InChI is InChI=1S/C17H26N2O5/c1-5-23-12-7-8-14(24-6-2)13(11-12)18-16(22)19-17(3,4)10-9-15(20)21/h7-8,11H,5-6,9-10H2,1-4H3,(H,20,21)(H2,18,19,22). The molecule has 0 saturated carbocycles. The van der Waals surface area contributed by atoms with Crippen molar-refractivity contribution < 1.29 is 24.2 Å². The molecule has 0 fully saturated rings. The summed E-state index contributed by atoms with van der Waals surface area (Å²) in [5.41, 5.74) is -0.152. The van der Waals surface area contributed by atoms with Crippen molar-refractivity contribution in [3.8, 4) is 11.5 Å². The van der Waals surface area contributed by atoms with Gasteiger partial charge in [-0.15, -0.1) is 0 Å². The minimum absolute atomic E-state index is 0.0166. The maximum absolute atomic E-state index is 12.2. The molecule has 0 spiro atoms. The fourth-order valence-electron chi connectivity index (χ4n) is 2.09. The van der Waals surface area contributed by atoms with E-state index in [1.165, 1.54) is 0 Å². The fourth-order valence-corrected chi connectivity index (χ4v) is 2.09. The van der Waals surface area contributed by atoms with E-state index in [0.717, 1.165) is 0 Å². The number of carbonyl (C=O) groups excluding carboxylic acids is 1. The number of ether oxygens (including phenoxy) is 2. The summed E-state index contributed by atoms with van der Waals surface area (Å²) >= 11 is 0. The smallest absolute Gasteiger partial charge is 0.319 e. The van der Waals surface area contributed by atoms with Crippen LogP contribution in [0.4, 0.5) is 10.5 Å². The van der Waals surface area contributed by atoms with Gasteiger partial charge in [0.25, 0.3) is 0 Å². The number of rotatable bonds is 9. The van der Waals surface area contributed by atoms with Gasteiger partial charge in [0.2, 0.25) is 0 Å². The van der Waals surface area contributed by atoms with Crippen LogP contribution in [0, 0.1) is 0 Å². The Morgan fingerprint density at radius 3 is 2.42 bits per heavy atom. The zero-order chi connectivity index (χ0) is 18.2. The molecule has 0 aliphatic heterocycles. The van der Waals surface area contributed by atoms with Crippen LogP contribution < -0.4 is 20.1 Å². The summed E-state index contributed by atoms with van der Waals surface area (Å²) in [5, 5.41) is 14.3. The average molecular weight is 338 g/mol. The molecule has 0 aromatic heterocycles. The minimum atomic E-state index is -0.895. The van der Waals surface area contributed by atoms with Crippen LogP contribution in [0.15, 0.2) is 18.2 Å². The van der Waals surface area contributed by atoms with Crippen LogP contribution in [0.2, 0.25) is 0 Å². The van der Waals surface area contributed by atoms with E-state index in [4.69, 9.17) is 14.6 Å². The number of carboxylic acid groups (broad SMARTS) is 1. The van der Waals surface area contributed by atoms with Gasteiger partial charge in [-0.1, -0.05) is 0 Å². The van der Waals surface area contributed by atoms with E-state index in [2.05, 4.69) is 10.6 Å². The van der Waals surface area contributed by atoms with Crippen LogP contribution in [0.25, 0.3) is 0 Å². The van der Waals surface area contributed by atoms with Gasteiger partial charge in [0.15, 0.2) is 0 Å². The molecule has 0 bridgehead atoms. The van der Waals surface area contributed by atoms with Gasteiger partial charge in [-0.2, -0.15) is 0 Å². The number of aliphatic carboxylic acids is 1. The van der Waals surface area contributed by atoms with E-state index >= 15 is 0 Å². The molecule has 0 radical (unpaired) electrons. The first-order chi connectivity index (χ1) is 11.3. The average Bonchev–Trinajstić information content (AvgIpc) is 2.48. The molecule has 0 heterocycles. The third-order valence-corrected chi connectivity index (χ3v) is 3.23. The molecule has 1 aromatic carbocycles. The second-order valence-electron chi connectivity index (χ2n) is 5.88. The highest BCUT2D eigenvalue weighted by Crippen LogP contribution is 2.29. The molecule has 0 aliphatic rings. The Balaban J connectivity index is 2.80. The zero-order valence-corrected chi connectivity index (χ0v) is 14.6. The number of carboxylic acids is 1. The lowest BCUT2D eigenvalue weighted by Gasteiger charge is -2.26. The fraction of sp³-hybridized carbons (Fsp3) is 0.529. The number of carbonyl (C=O) groups is 2. The van der Waals surface area contributed by atoms with Crippen molar-refractivity contribution in [1.82, 2.24) is 5.32 Å². The van der Waals surface area contributed by atoms with E-state index < -0.39 is 17.5 Å². The summed E-state index contributed by atoms with van der Waals surface area (Å²) in [5.74, 6) is 0.272. The van der Waals surface area contributed by atoms with Crippen molar-refractivity contribution in [2.45, 2.75) is 46.1 Å². The summed E-state index contributed by atoms with van der Waals surface area (Å²) in [7, 11) is 0. The first-order valence-corrected chi connectivity index (χ1v) is 7.98. The van der Waals surface area contributed by atoms with Crippen molar-refractivity contribution in [3.05, 3.63) is 18.2 Å². The summed E-state index contributed by atoms with van der Waals surface area (Å²) in [6.45, 7) is 8.26. The molecule has 1 rings (SSSR count). The van der Waals surface area contributed by atoms with E-state index in [9.17, 15) is 9.59 Å². The highest BCUT2D eigenvalue weighted by Gasteiger charge is 2.22. The predicted octanol–water partition coefficient (Wildman–Crippen LogP) is 3.25. The van der Waals surface area contributed by atoms with Crippen LogP contribution in [0.1, 0.15) is 40.5 Å². The van der Waals surface area contributed by atoms with Crippen LogP contribution >= 0.6 is 0 Å². The first kappa shape index (κ1) is 19.6. The maximum atomic E-state index is 12.2. The van der Waals surface area contributed by atoms with Gasteiger partial charge < -0.3 is 25.2 Å². The molecule has 0 unspecified atom stereocenters. The number of benzene rings is 1. The monoisotopic (exact) mass is 338 g/mol. The quantitative estimate of drug-likeness (QED) is 0.642. The number of amides is 2. The molecule has 134 valence electrons. The van der Waals surface area contributed by atoms with Crippen molar-refractivity contribution in [2.24, 2.45) is 0 Å². The number of anilines is 1. The van der Waals surface area contributed by atoms with Crippen LogP contribution in [0.3, 0.4) is 0 Å². The Morgan fingerprint density at radius 1 is 1.17 bits per heavy atom. The van der Waals surface area contributed by atoms with Crippen molar-refractivity contribution >= 4 is 17.7 Å². The Bertz CT molecular complexity index is 572. The molecule has 3 N–H and O–H groups in total. The molecule has 0 saturated heterocycles. The lowest BCUT2D eigenvalue weighted by atomic mass is 9.99.